The number of carbonyl (C=O) groups is 2. The lowest BCUT2D eigenvalue weighted by Crippen LogP contribution is -2.53. The van der Waals surface area contributed by atoms with Crippen LogP contribution in [0.2, 0.25) is 0 Å². The van der Waals surface area contributed by atoms with Crippen LogP contribution < -0.4 is 5.56 Å². The molecule has 2 aromatic rings. The van der Waals surface area contributed by atoms with Crippen LogP contribution in [0.3, 0.4) is 0 Å². The molecule has 9 heteroatoms. The van der Waals surface area contributed by atoms with Crippen LogP contribution in [-0.2, 0) is 14.3 Å². The summed E-state index contributed by atoms with van der Waals surface area (Å²) in [6.07, 6.45) is 1.15. The molecule has 160 valence electrons. The number of ether oxygens (including phenoxy) is 2. The second-order valence-corrected chi connectivity index (χ2v) is 7.21. The maximum atomic E-state index is 13.2. The molecule has 1 fully saturated rings. The fourth-order valence-electron chi connectivity index (χ4n) is 3.66. The number of amides is 1. The summed E-state index contributed by atoms with van der Waals surface area (Å²) >= 11 is 0. The van der Waals surface area contributed by atoms with Gasteiger partial charge in [0.05, 0.1) is 18.9 Å². The molecule has 0 saturated carbocycles. The Labute approximate surface area is 173 Å². The van der Waals surface area contributed by atoms with Crippen LogP contribution in [0.1, 0.15) is 30.3 Å². The Balaban J connectivity index is 1.88. The van der Waals surface area contributed by atoms with E-state index in [9.17, 15) is 18.8 Å². The van der Waals surface area contributed by atoms with Crippen LogP contribution in [0, 0.1) is 11.2 Å². The van der Waals surface area contributed by atoms with Gasteiger partial charge in [-0.2, -0.15) is 9.78 Å². The Morgan fingerprint density at radius 1 is 1.20 bits per heavy atom. The molecule has 0 unspecified atom stereocenters. The summed E-state index contributed by atoms with van der Waals surface area (Å²) in [4.78, 5) is 39.4. The number of halogens is 1. The molecule has 0 radical (unpaired) electrons. The number of hydrogen-bond acceptors (Lipinski definition) is 6. The van der Waals surface area contributed by atoms with Gasteiger partial charge in [0, 0.05) is 26.3 Å². The van der Waals surface area contributed by atoms with Crippen molar-refractivity contribution in [2.24, 2.45) is 5.41 Å². The average molecular weight is 417 g/mol. The summed E-state index contributed by atoms with van der Waals surface area (Å²) < 4.78 is 24.7. The van der Waals surface area contributed by atoms with E-state index in [1.54, 1.807) is 6.92 Å². The zero-order valence-electron chi connectivity index (χ0n) is 17.0. The maximum Gasteiger partial charge on any atom is 0.316 e. The molecule has 1 amide bonds. The third-order valence-electron chi connectivity index (χ3n) is 5.08. The number of carbonyl (C=O) groups excluding carboxylic acids is 2. The number of methoxy groups -OCH3 is 1. The molecule has 0 N–H and O–H groups in total. The maximum absolute atomic E-state index is 13.2. The highest BCUT2D eigenvalue weighted by molar-refractivity contribution is 5.93. The fraction of sp³-hybridized carbons (Fsp3) is 0.429. The van der Waals surface area contributed by atoms with Crippen molar-refractivity contribution < 1.29 is 23.5 Å². The Kier molecular flexibility index (Phi) is 6.61. The monoisotopic (exact) mass is 417 g/mol. The van der Waals surface area contributed by atoms with Crippen LogP contribution in [0.4, 0.5) is 4.39 Å². The predicted octanol–water partition coefficient (Wildman–Crippen LogP) is 1.80. The molecule has 1 aliphatic heterocycles. The minimum absolute atomic E-state index is 0.0519. The van der Waals surface area contributed by atoms with Crippen LogP contribution in [-0.4, -0.2) is 60.0 Å². The second kappa shape index (κ2) is 9.17. The molecule has 0 bridgehead atoms. The predicted molar refractivity (Wildman–Crippen MR) is 106 cm³/mol. The quantitative estimate of drug-likeness (QED) is 0.666. The zero-order valence-corrected chi connectivity index (χ0v) is 17.0. The first-order valence-electron chi connectivity index (χ1n) is 9.72. The lowest BCUT2D eigenvalue weighted by molar-refractivity contribution is -0.162. The summed E-state index contributed by atoms with van der Waals surface area (Å²) in [7, 11) is 1.50. The zero-order chi connectivity index (χ0) is 21.7. The van der Waals surface area contributed by atoms with E-state index >= 15 is 0 Å². The van der Waals surface area contributed by atoms with Crippen LogP contribution in [0.15, 0.2) is 41.2 Å². The minimum Gasteiger partial charge on any atom is -0.465 e. The van der Waals surface area contributed by atoms with Gasteiger partial charge in [-0.1, -0.05) is 0 Å². The molecular weight excluding hydrogens is 393 g/mol. The van der Waals surface area contributed by atoms with Gasteiger partial charge in [-0.3, -0.25) is 14.4 Å². The Morgan fingerprint density at radius 3 is 2.60 bits per heavy atom. The number of nitrogens with zero attached hydrogens (tertiary/aromatic N) is 3. The smallest absolute Gasteiger partial charge is 0.316 e. The normalized spacial score (nSPS) is 18.8. The minimum atomic E-state index is -0.940. The number of esters is 1. The van der Waals surface area contributed by atoms with Crippen molar-refractivity contribution in [2.45, 2.75) is 19.8 Å². The van der Waals surface area contributed by atoms with E-state index in [0.29, 0.717) is 25.1 Å². The molecular formula is C21H24FN3O5. The lowest BCUT2D eigenvalue weighted by Gasteiger charge is -2.40. The van der Waals surface area contributed by atoms with Crippen molar-refractivity contribution in [1.82, 2.24) is 14.7 Å². The molecule has 0 aliphatic carbocycles. The Morgan fingerprint density at radius 2 is 1.93 bits per heavy atom. The van der Waals surface area contributed by atoms with Gasteiger partial charge in [-0.25, -0.2) is 4.39 Å². The Bertz CT molecular complexity index is 971. The van der Waals surface area contributed by atoms with Gasteiger partial charge in [0.1, 0.15) is 16.9 Å². The van der Waals surface area contributed by atoms with Crippen molar-refractivity contribution in [1.29, 1.82) is 0 Å². The van der Waals surface area contributed by atoms with Crippen molar-refractivity contribution in [3.05, 3.63) is 58.3 Å². The van der Waals surface area contributed by atoms with E-state index in [2.05, 4.69) is 5.10 Å². The van der Waals surface area contributed by atoms with Gasteiger partial charge in [0.25, 0.3) is 11.5 Å². The largest absolute Gasteiger partial charge is 0.465 e. The molecule has 1 aromatic heterocycles. The summed E-state index contributed by atoms with van der Waals surface area (Å²) in [5, 5.41) is 4.17. The van der Waals surface area contributed by atoms with Gasteiger partial charge in [-0.05, 0) is 50.1 Å². The van der Waals surface area contributed by atoms with Gasteiger partial charge >= 0.3 is 5.97 Å². The fourth-order valence-corrected chi connectivity index (χ4v) is 3.66. The highest BCUT2D eigenvalue weighted by Gasteiger charge is 2.45. The van der Waals surface area contributed by atoms with Crippen LogP contribution in [0.5, 0.6) is 0 Å². The van der Waals surface area contributed by atoms with Gasteiger partial charge in [0.2, 0.25) is 0 Å². The molecule has 1 aromatic carbocycles. The first-order chi connectivity index (χ1) is 14.4. The van der Waals surface area contributed by atoms with Crippen LogP contribution >= 0.6 is 0 Å². The van der Waals surface area contributed by atoms with Crippen molar-refractivity contribution >= 4 is 11.9 Å². The number of aromatic nitrogens is 2. The molecule has 8 nitrogen and oxygen atoms in total. The van der Waals surface area contributed by atoms with E-state index in [0.717, 1.165) is 4.68 Å². The molecule has 2 heterocycles. The molecule has 1 saturated heterocycles. The average Bonchev–Trinajstić information content (AvgIpc) is 2.75. The van der Waals surface area contributed by atoms with Crippen molar-refractivity contribution in [3.63, 3.8) is 0 Å². The van der Waals surface area contributed by atoms with E-state index in [1.165, 1.54) is 48.4 Å². The van der Waals surface area contributed by atoms with E-state index < -0.39 is 28.7 Å². The van der Waals surface area contributed by atoms with Crippen molar-refractivity contribution in [3.8, 4) is 5.69 Å². The SMILES string of the molecule is CCOC(=O)[C@]1(COC)CCCN(C(=O)c2ccc(=O)n(-c3ccc(F)cc3)n2)C1. The number of likely N-dealkylation sites (tertiary alicyclic amines) is 1. The highest BCUT2D eigenvalue weighted by atomic mass is 19.1. The number of rotatable bonds is 6. The van der Waals surface area contributed by atoms with Crippen LogP contribution in [0.25, 0.3) is 5.69 Å². The van der Waals surface area contributed by atoms with Gasteiger partial charge < -0.3 is 14.4 Å². The third-order valence-corrected chi connectivity index (χ3v) is 5.08. The molecule has 0 spiro atoms. The number of hydrogen-bond donors (Lipinski definition) is 0. The van der Waals surface area contributed by atoms with Crippen molar-refractivity contribution in [2.75, 3.05) is 33.4 Å². The lowest BCUT2D eigenvalue weighted by atomic mass is 9.80. The first kappa shape index (κ1) is 21.6. The van der Waals surface area contributed by atoms with Gasteiger partial charge in [-0.15, -0.1) is 0 Å². The first-order valence-corrected chi connectivity index (χ1v) is 9.72. The molecule has 1 aliphatic rings. The Hall–Kier alpha value is -3.07. The number of piperidine rings is 1. The highest BCUT2D eigenvalue weighted by Crippen LogP contribution is 2.32. The topological polar surface area (TPSA) is 90.7 Å². The summed E-state index contributed by atoms with van der Waals surface area (Å²) in [6, 6.07) is 7.82. The second-order valence-electron chi connectivity index (χ2n) is 7.21. The van der Waals surface area contributed by atoms with E-state index in [-0.39, 0.29) is 25.5 Å². The van der Waals surface area contributed by atoms with E-state index in [1.807, 2.05) is 0 Å². The summed E-state index contributed by atoms with van der Waals surface area (Å²) in [5.74, 6) is -1.25. The van der Waals surface area contributed by atoms with Gasteiger partial charge in [0.15, 0.2) is 0 Å². The molecule has 30 heavy (non-hydrogen) atoms. The summed E-state index contributed by atoms with van der Waals surface area (Å²) in [6.45, 7) is 2.68. The van der Waals surface area contributed by atoms with E-state index in [4.69, 9.17) is 9.47 Å². The third kappa shape index (κ3) is 4.40. The number of benzene rings is 1. The molecule has 3 rings (SSSR count). The molecule has 1 atom stereocenters. The summed E-state index contributed by atoms with van der Waals surface area (Å²) in [5.41, 5.74) is -0.993. The standard InChI is InChI=1S/C21H24FN3O5/c1-3-30-20(28)21(14-29-2)11-4-12-24(13-21)19(27)17-9-10-18(26)25(23-17)16-7-5-15(22)6-8-16/h5-10H,3-4,11-14H2,1-2H3/t21-/m1/s1.